The van der Waals surface area contributed by atoms with Crippen LogP contribution < -0.4 is 0 Å². The van der Waals surface area contributed by atoms with Gasteiger partial charge in [-0.1, -0.05) is 13.1 Å². The Hall–Kier alpha value is 0.724. The van der Waals surface area contributed by atoms with Gasteiger partial charge >= 0.3 is 0 Å². The summed E-state index contributed by atoms with van der Waals surface area (Å²) in [5.41, 5.74) is 1.00. The van der Waals surface area contributed by atoms with Gasteiger partial charge in [0.25, 0.3) is 0 Å². The molecule has 0 amide bonds. The van der Waals surface area contributed by atoms with Crippen molar-refractivity contribution in [2.45, 2.75) is 13.1 Å². The number of hydrogen-bond donors (Lipinski definition) is 0. The molecule has 0 aromatic rings. The number of hydrogen-bond acceptors (Lipinski definition) is 0. The Morgan fingerprint density at radius 3 is 2.17 bits per heavy atom. The Bertz CT molecular complexity index is 30.0. The molecule has 0 radical (unpaired) electrons. The van der Waals surface area contributed by atoms with E-state index in [9.17, 15) is 0 Å². The van der Waals surface area contributed by atoms with Crippen LogP contribution in [0.4, 0.5) is 0 Å². The highest BCUT2D eigenvalue weighted by Gasteiger charge is 1.90. The molecule has 0 aromatic carbocycles. The number of halogens is 1. The van der Waals surface area contributed by atoms with Gasteiger partial charge in [-0.05, 0) is 0 Å². The van der Waals surface area contributed by atoms with Crippen LogP contribution in [0.2, 0.25) is 13.1 Å². The molecule has 0 heterocycles. The first-order chi connectivity index (χ1) is 2.77. The molecule has 0 aliphatic rings. The third kappa shape index (κ3) is 4.72. The summed E-state index contributed by atoms with van der Waals surface area (Å²) >= 11 is 5.49. The third-order valence-electron chi connectivity index (χ3n) is 0.686. The molecule has 0 fully saturated rings. The average Bonchev–Trinajstić information content (AvgIpc) is 1.35. The highest BCUT2D eigenvalue weighted by molar-refractivity contribution is 7.12. The zero-order valence-electron chi connectivity index (χ0n) is 4.37. The van der Waals surface area contributed by atoms with Crippen molar-refractivity contribution >= 4 is 29.0 Å². The van der Waals surface area contributed by atoms with Crippen LogP contribution in [0, 0.1) is 0 Å². The molecule has 0 aliphatic carbocycles. The quantitative estimate of drug-likeness (QED) is 0.382. The van der Waals surface area contributed by atoms with E-state index in [2.05, 4.69) is 13.1 Å². The summed E-state index contributed by atoms with van der Waals surface area (Å²) in [4.78, 5) is 0. The number of rotatable bonds is 2. The van der Waals surface area contributed by atoms with E-state index in [-0.39, 0.29) is 17.4 Å². The van der Waals surface area contributed by atoms with Crippen molar-refractivity contribution in [2.75, 3.05) is 5.50 Å². The Kier molecular flexibility index (Phi) is 4.37. The van der Waals surface area contributed by atoms with E-state index in [1.807, 2.05) is 0 Å². The van der Waals surface area contributed by atoms with Crippen LogP contribution in [0.3, 0.4) is 0 Å². The summed E-state index contributed by atoms with van der Waals surface area (Å²) in [5.74, 6) is 0. The standard InChI is InChI=1S/C3H11ClSi2/c1-6(2)5-3-4/h6H,3,5H2,1-2H3. The van der Waals surface area contributed by atoms with Crippen LogP contribution in [0.15, 0.2) is 0 Å². The zero-order valence-corrected chi connectivity index (χ0v) is 7.69. The van der Waals surface area contributed by atoms with Crippen LogP contribution in [0.25, 0.3) is 0 Å². The first-order valence-electron chi connectivity index (χ1n) is 2.33. The molecule has 0 aromatic heterocycles. The lowest BCUT2D eigenvalue weighted by atomic mass is 11.9. The van der Waals surface area contributed by atoms with E-state index in [4.69, 9.17) is 11.6 Å². The predicted molar refractivity (Wildman–Crippen MR) is 38.1 cm³/mol. The van der Waals surface area contributed by atoms with Gasteiger partial charge in [-0.2, -0.15) is 0 Å². The van der Waals surface area contributed by atoms with Gasteiger partial charge in [-0.25, -0.2) is 0 Å². The minimum atomic E-state index is -0.164. The van der Waals surface area contributed by atoms with Crippen molar-refractivity contribution in [1.82, 2.24) is 0 Å². The fourth-order valence-corrected chi connectivity index (χ4v) is 5.89. The maximum absolute atomic E-state index is 5.49. The molecule has 0 aliphatic heterocycles. The topological polar surface area (TPSA) is 0 Å². The molecular formula is C3H11ClSi2. The van der Waals surface area contributed by atoms with Gasteiger partial charge in [-0.3, -0.25) is 0 Å². The summed E-state index contributed by atoms with van der Waals surface area (Å²) in [7, 11) is 0.0972. The van der Waals surface area contributed by atoms with Gasteiger partial charge in [0.05, 0.1) is 0 Å². The van der Waals surface area contributed by atoms with Crippen LogP contribution in [0.1, 0.15) is 0 Å². The van der Waals surface area contributed by atoms with Crippen LogP contribution in [0.5, 0.6) is 0 Å². The van der Waals surface area contributed by atoms with Crippen LogP contribution >= 0.6 is 11.6 Å². The largest absolute Gasteiger partial charge is 0.131 e. The Morgan fingerprint density at radius 2 is 2.17 bits per heavy atom. The van der Waals surface area contributed by atoms with E-state index < -0.39 is 0 Å². The fourth-order valence-electron chi connectivity index (χ4n) is 0.218. The summed E-state index contributed by atoms with van der Waals surface area (Å²) in [6.07, 6.45) is 0. The minimum absolute atomic E-state index is 0.164. The zero-order chi connectivity index (χ0) is 4.99. The summed E-state index contributed by atoms with van der Waals surface area (Å²) in [5, 5.41) is 0. The molecule has 0 nitrogen and oxygen atoms in total. The molecule has 0 spiro atoms. The molecule has 0 saturated heterocycles. The van der Waals surface area contributed by atoms with Gasteiger partial charge in [0.2, 0.25) is 0 Å². The van der Waals surface area contributed by atoms with Gasteiger partial charge in [-0.15, -0.1) is 11.6 Å². The molecule has 0 unspecified atom stereocenters. The first-order valence-corrected chi connectivity index (χ1v) is 9.44. The SMILES string of the molecule is C[SiH](C)[SiH2]CCl. The molecule has 3 heteroatoms. The average molecular weight is 139 g/mol. The molecule has 6 heavy (non-hydrogen) atoms. The van der Waals surface area contributed by atoms with E-state index in [0.29, 0.717) is 0 Å². The highest BCUT2D eigenvalue weighted by Crippen LogP contribution is 1.77. The van der Waals surface area contributed by atoms with E-state index in [1.54, 1.807) is 0 Å². The summed E-state index contributed by atoms with van der Waals surface area (Å²) < 4.78 is 0. The lowest BCUT2D eigenvalue weighted by Crippen LogP contribution is -2.13. The van der Waals surface area contributed by atoms with Crippen molar-refractivity contribution in [3.63, 3.8) is 0 Å². The predicted octanol–water partition coefficient (Wildman–Crippen LogP) is 0.335. The maximum atomic E-state index is 5.49. The second kappa shape index (κ2) is 3.90. The Morgan fingerprint density at radius 1 is 1.67 bits per heavy atom. The van der Waals surface area contributed by atoms with E-state index >= 15 is 0 Å². The van der Waals surface area contributed by atoms with Crippen LogP contribution in [-0.4, -0.2) is 22.9 Å². The summed E-state index contributed by atoms with van der Waals surface area (Å²) in [6.45, 7) is 4.74. The van der Waals surface area contributed by atoms with E-state index in [0.717, 1.165) is 5.50 Å². The molecule has 0 atom stereocenters. The molecule has 0 rings (SSSR count). The second-order valence-electron chi connectivity index (χ2n) is 1.87. The smallest absolute Gasteiger partial charge is 0.0295 e. The Balaban J connectivity index is 2.63. The van der Waals surface area contributed by atoms with Crippen LogP contribution in [-0.2, 0) is 0 Å². The molecule has 38 valence electrons. The van der Waals surface area contributed by atoms with Crippen molar-refractivity contribution in [1.29, 1.82) is 0 Å². The minimum Gasteiger partial charge on any atom is -0.131 e. The first kappa shape index (κ1) is 6.72. The number of alkyl halides is 1. The van der Waals surface area contributed by atoms with Crippen molar-refractivity contribution in [3.05, 3.63) is 0 Å². The molecule has 0 saturated carbocycles. The lowest BCUT2D eigenvalue weighted by Gasteiger charge is -1.91. The molecule has 0 bridgehead atoms. The van der Waals surface area contributed by atoms with Gasteiger partial charge in [0, 0.05) is 22.9 Å². The van der Waals surface area contributed by atoms with Crippen molar-refractivity contribution in [2.24, 2.45) is 0 Å². The van der Waals surface area contributed by atoms with Gasteiger partial charge in [0.1, 0.15) is 0 Å². The van der Waals surface area contributed by atoms with Gasteiger partial charge in [0.15, 0.2) is 0 Å². The highest BCUT2D eigenvalue weighted by atomic mass is 35.5. The molecular weight excluding hydrogens is 128 g/mol. The second-order valence-corrected chi connectivity index (χ2v) is 13.4. The van der Waals surface area contributed by atoms with Crippen molar-refractivity contribution < 1.29 is 0 Å². The normalized spacial score (nSPS) is 12.0. The Labute approximate surface area is 48.1 Å². The lowest BCUT2D eigenvalue weighted by molar-refractivity contribution is 2.04. The monoisotopic (exact) mass is 138 g/mol. The van der Waals surface area contributed by atoms with Gasteiger partial charge < -0.3 is 0 Å². The van der Waals surface area contributed by atoms with E-state index in [1.165, 1.54) is 0 Å². The molecule has 0 N–H and O–H groups in total. The third-order valence-corrected chi connectivity index (χ3v) is 8.14. The summed E-state index contributed by atoms with van der Waals surface area (Å²) in [6, 6.07) is 0. The fraction of sp³-hybridized carbons (Fsp3) is 1.00. The van der Waals surface area contributed by atoms with Crippen molar-refractivity contribution in [3.8, 4) is 0 Å². The maximum Gasteiger partial charge on any atom is 0.0295 e.